The van der Waals surface area contributed by atoms with Crippen molar-refractivity contribution < 1.29 is 0 Å². The minimum absolute atomic E-state index is 0.0362. The van der Waals surface area contributed by atoms with Gasteiger partial charge in [0.05, 0.1) is 16.7 Å². The lowest BCUT2D eigenvalue weighted by Gasteiger charge is -2.12. The van der Waals surface area contributed by atoms with Crippen LogP contribution >= 0.6 is 22.9 Å². The molecule has 2 aromatic rings. The summed E-state index contributed by atoms with van der Waals surface area (Å²) in [5, 5.41) is 6.73. The normalized spacial score (nSPS) is 12.7. The van der Waals surface area contributed by atoms with Crippen molar-refractivity contribution in [1.29, 1.82) is 0 Å². The third-order valence-corrected chi connectivity index (χ3v) is 3.91. The molecule has 3 N–H and O–H groups in total. The Kier molecular flexibility index (Phi) is 4.21. The predicted molar refractivity (Wildman–Crippen MR) is 79.7 cm³/mol. The number of rotatable bonds is 4. The van der Waals surface area contributed by atoms with Crippen molar-refractivity contribution in [3.05, 3.63) is 27.3 Å². The molecule has 2 rings (SSSR count). The molecule has 0 amide bonds. The monoisotopic (exact) mass is 297 g/mol. The van der Waals surface area contributed by atoms with E-state index in [0.29, 0.717) is 16.9 Å². The van der Waals surface area contributed by atoms with E-state index in [9.17, 15) is 0 Å². The third-order valence-electron chi connectivity index (χ3n) is 2.55. The maximum atomic E-state index is 5.84. The van der Waals surface area contributed by atoms with Gasteiger partial charge in [-0.2, -0.15) is 4.98 Å². The number of thiazole rings is 1. The Hall–Kier alpha value is -1.40. The molecule has 0 spiro atoms. The maximum Gasteiger partial charge on any atom is 0.223 e. The van der Waals surface area contributed by atoms with Crippen LogP contribution in [0.1, 0.15) is 43.4 Å². The summed E-state index contributed by atoms with van der Waals surface area (Å²) in [4.78, 5) is 12.5. The van der Waals surface area contributed by atoms with E-state index in [0.717, 1.165) is 10.7 Å². The summed E-state index contributed by atoms with van der Waals surface area (Å²) in [6.45, 7) is 6.28. The fourth-order valence-corrected chi connectivity index (χ4v) is 2.69. The molecule has 0 saturated heterocycles. The number of nitrogens with two attached hydrogens (primary N) is 1. The van der Waals surface area contributed by atoms with Crippen molar-refractivity contribution in [2.75, 3.05) is 11.1 Å². The number of anilines is 2. The molecule has 0 bridgehead atoms. The molecule has 7 heteroatoms. The molecular weight excluding hydrogens is 282 g/mol. The van der Waals surface area contributed by atoms with Crippen molar-refractivity contribution in [2.45, 2.75) is 32.7 Å². The van der Waals surface area contributed by atoms with E-state index >= 15 is 0 Å². The van der Waals surface area contributed by atoms with E-state index in [1.165, 1.54) is 0 Å². The van der Waals surface area contributed by atoms with Gasteiger partial charge in [0, 0.05) is 17.4 Å². The number of nitrogen functional groups attached to an aromatic ring is 1. The average Bonchev–Trinajstić information content (AvgIpc) is 2.76. The lowest BCUT2D eigenvalue weighted by Crippen LogP contribution is -2.10. The molecule has 19 heavy (non-hydrogen) atoms. The molecule has 5 nitrogen and oxygen atoms in total. The molecule has 0 aliphatic rings. The van der Waals surface area contributed by atoms with Gasteiger partial charge in [0.25, 0.3) is 0 Å². The SMILES string of the molecule is CC(C)c1nc([C@H](C)Nc2cc(Cl)nc(N)n2)cs1. The van der Waals surface area contributed by atoms with Gasteiger partial charge in [-0.25, -0.2) is 9.97 Å². The molecule has 0 fully saturated rings. The summed E-state index contributed by atoms with van der Waals surface area (Å²) < 4.78 is 0. The van der Waals surface area contributed by atoms with Crippen LogP contribution in [-0.4, -0.2) is 15.0 Å². The van der Waals surface area contributed by atoms with E-state index in [1.54, 1.807) is 17.4 Å². The number of hydrogen-bond donors (Lipinski definition) is 2. The molecule has 2 aromatic heterocycles. The molecule has 2 heterocycles. The third kappa shape index (κ3) is 3.54. The molecule has 0 aromatic carbocycles. The standard InChI is InChI=1S/C12H16ClN5S/c1-6(2)11-16-8(5-19-11)7(3)15-10-4-9(13)17-12(14)18-10/h4-7H,1-3H3,(H3,14,15,17,18)/t7-/m0/s1. The van der Waals surface area contributed by atoms with Crippen LogP contribution in [0.25, 0.3) is 0 Å². The lowest BCUT2D eigenvalue weighted by atomic mass is 10.2. The largest absolute Gasteiger partial charge is 0.368 e. The van der Waals surface area contributed by atoms with Crippen molar-refractivity contribution in [2.24, 2.45) is 0 Å². The highest BCUT2D eigenvalue weighted by molar-refractivity contribution is 7.09. The highest BCUT2D eigenvalue weighted by Gasteiger charge is 2.13. The zero-order chi connectivity index (χ0) is 14.0. The van der Waals surface area contributed by atoms with Crippen LogP contribution in [0.15, 0.2) is 11.4 Å². The Morgan fingerprint density at radius 1 is 1.26 bits per heavy atom. The van der Waals surface area contributed by atoms with Crippen LogP contribution < -0.4 is 11.1 Å². The summed E-state index contributed by atoms with van der Waals surface area (Å²) in [5.41, 5.74) is 6.55. The van der Waals surface area contributed by atoms with Gasteiger partial charge in [-0.15, -0.1) is 11.3 Å². The van der Waals surface area contributed by atoms with E-state index in [2.05, 4.69) is 39.5 Å². The molecule has 102 valence electrons. The summed E-state index contributed by atoms with van der Waals surface area (Å²) in [6.07, 6.45) is 0. The number of nitrogens with zero attached hydrogens (tertiary/aromatic N) is 3. The zero-order valence-corrected chi connectivity index (χ0v) is 12.6. The average molecular weight is 298 g/mol. The van der Waals surface area contributed by atoms with E-state index in [-0.39, 0.29) is 12.0 Å². The van der Waals surface area contributed by atoms with Gasteiger partial charge in [-0.3, -0.25) is 0 Å². The van der Waals surface area contributed by atoms with Crippen LogP contribution in [0, 0.1) is 0 Å². The fraction of sp³-hybridized carbons (Fsp3) is 0.417. The van der Waals surface area contributed by atoms with Crippen molar-refractivity contribution in [3.63, 3.8) is 0 Å². The molecule has 0 unspecified atom stereocenters. The van der Waals surface area contributed by atoms with Gasteiger partial charge in [0.15, 0.2) is 0 Å². The van der Waals surface area contributed by atoms with Gasteiger partial charge < -0.3 is 11.1 Å². The minimum atomic E-state index is 0.0362. The summed E-state index contributed by atoms with van der Waals surface area (Å²) in [5.74, 6) is 1.20. The van der Waals surface area contributed by atoms with Gasteiger partial charge in [0.2, 0.25) is 5.95 Å². The van der Waals surface area contributed by atoms with Crippen molar-refractivity contribution in [3.8, 4) is 0 Å². The first-order valence-corrected chi connectivity index (χ1v) is 7.23. The van der Waals surface area contributed by atoms with Gasteiger partial charge in [0.1, 0.15) is 11.0 Å². The Labute approximate surface area is 121 Å². The number of hydrogen-bond acceptors (Lipinski definition) is 6. The first kappa shape index (κ1) is 14.0. The van der Waals surface area contributed by atoms with E-state index < -0.39 is 0 Å². The second kappa shape index (κ2) is 5.71. The second-order valence-corrected chi connectivity index (χ2v) is 5.84. The Morgan fingerprint density at radius 2 is 2.00 bits per heavy atom. The van der Waals surface area contributed by atoms with Crippen molar-refractivity contribution in [1.82, 2.24) is 15.0 Å². The summed E-state index contributed by atoms with van der Waals surface area (Å²) in [6, 6.07) is 1.68. The van der Waals surface area contributed by atoms with Crippen LogP contribution in [0.5, 0.6) is 0 Å². The molecule has 0 radical (unpaired) electrons. The number of nitrogens with one attached hydrogen (secondary N) is 1. The molecule has 1 atom stereocenters. The Balaban J connectivity index is 2.13. The Bertz CT molecular complexity index is 549. The van der Waals surface area contributed by atoms with E-state index in [4.69, 9.17) is 17.3 Å². The maximum absolute atomic E-state index is 5.84. The van der Waals surface area contributed by atoms with Crippen LogP contribution in [0.4, 0.5) is 11.8 Å². The fourth-order valence-electron chi connectivity index (χ4n) is 1.57. The quantitative estimate of drug-likeness (QED) is 0.845. The smallest absolute Gasteiger partial charge is 0.223 e. The lowest BCUT2D eigenvalue weighted by molar-refractivity contribution is 0.798. The summed E-state index contributed by atoms with van der Waals surface area (Å²) >= 11 is 7.51. The molecule has 0 aliphatic heterocycles. The topological polar surface area (TPSA) is 76.7 Å². The highest BCUT2D eigenvalue weighted by atomic mass is 35.5. The highest BCUT2D eigenvalue weighted by Crippen LogP contribution is 2.25. The van der Waals surface area contributed by atoms with Crippen LogP contribution in [0.2, 0.25) is 5.15 Å². The second-order valence-electron chi connectivity index (χ2n) is 4.57. The van der Waals surface area contributed by atoms with Gasteiger partial charge >= 0.3 is 0 Å². The predicted octanol–water partition coefficient (Wildman–Crippen LogP) is 3.47. The zero-order valence-electron chi connectivity index (χ0n) is 11.0. The van der Waals surface area contributed by atoms with E-state index in [1.807, 2.05) is 6.92 Å². The molecule has 0 saturated carbocycles. The number of halogens is 1. The first-order chi connectivity index (χ1) is 8.95. The summed E-state index contributed by atoms with van der Waals surface area (Å²) in [7, 11) is 0. The first-order valence-electron chi connectivity index (χ1n) is 5.97. The van der Waals surface area contributed by atoms with Gasteiger partial charge in [-0.1, -0.05) is 25.4 Å². The van der Waals surface area contributed by atoms with Crippen LogP contribution in [0.3, 0.4) is 0 Å². The minimum Gasteiger partial charge on any atom is -0.368 e. The van der Waals surface area contributed by atoms with Crippen molar-refractivity contribution >= 4 is 34.7 Å². The molecular formula is C12H16ClN5S. The van der Waals surface area contributed by atoms with Crippen LogP contribution in [-0.2, 0) is 0 Å². The molecule has 0 aliphatic carbocycles. The Morgan fingerprint density at radius 3 is 2.58 bits per heavy atom. The van der Waals surface area contributed by atoms with Gasteiger partial charge in [-0.05, 0) is 6.92 Å². The number of aromatic nitrogens is 3.